The second-order valence-corrected chi connectivity index (χ2v) is 5.41. The Kier molecular flexibility index (Phi) is 5.13. The molecule has 1 heterocycles. The Morgan fingerprint density at radius 1 is 1.63 bits per heavy atom. The van der Waals surface area contributed by atoms with E-state index in [1.54, 1.807) is 13.2 Å². The van der Waals surface area contributed by atoms with Gasteiger partial charge in [0.15, 0.2) is 12.3 Å². The summed E-state index contributed by atoms with van der Waals surface area (Å²) >= 11 is 0. The minimum Gasteiger partial charge on any atom is -0.463 e. The van der Waals surface area contributed by atoms with E-state index in [0.717, 1.165) is 10.7 Å². The van der Waals surface area contributed by atoms with E-state index < -0.39 is 5.54 Å². The number of hydrogen-bond donors (Lipinski definition) is 2. The molecule has 0 aliphatic carbocycles. The standard InChI is InChI=1S/C14H21N3O2/c1-11(2)14(3,10-15)16-13(18)9-17(4)8-12-6-5-7-19-12/h5-7,11H,8-9H2,1-4H3,(H,16,18)/p+1/t14-/m1/s1. The summed E-state index contributed by atoms with van der Waals surface area (Å²) in [7, 11) is 1.92. The van der Waals surface area contributed by atoms with Gasteiger partial charge >= 0.3 is 0 Å². The zero-order valence-electron chi connectivity index (χ0n) is 12.0. The van der Waals surface area contributed by atoms with Crippen LogP contribution in [0.5, 0.6) is 0 Å². The molecule has 0 saturated heterocycles. The van der Waals surface area contributed by atoms with Crippen molar-refractivity contribution in [1.29, 1.82) is 5.26 Å². The Hall–Kier alpha value is -1.80. The normalized spacial score (nSPS) is 15.6. The van der Waals surface area contributed by atoms with Crippen molar-refractivity contribution in [2.45, 2.75) is 32.9 Å². The first-order valence-corrected chi connectivity index (χ1v) is 6.43. The van der Waals surface area contributed by atoms with E-state index in [-0.39, 0.29) is 11.8 Å². The van der Waals surface area contributed by atoms with Gasteiger partial charge in [0.2, 0.25) is 0 Å². The first-order chi connectivity index (χ1) is 8.87. The van der Waals surface area contributed by atoms with Crippen LogP contribution in [0.3, 0.4) is 0 Å². The lowest BCUT2D eigenvalue weighted by Crippen LogP contribution is -3.09. The Labute approximate surface area is 114 Å². The molecule has 0 radical (unpaired) electrons. The van der Waals surface area contributed by atoms with Gasteiger partial charge in [-0.05, 0) is 25.0 Å². The van der Waals surface area contributed by atoms with E-state index in [4.69, 9.17) is 9.68 Å². The Bertz CT molecular complexity index is 448. The van der Waals surface area contributed by atoms with E-state index in [2.05, 4.69) is 11.4 Å². The van der Waals surface area contributed by atoms with Crippen molar-refractivity contribution in [3.8, 4) is 6.07 Å². The third kappa shape index (κ3) is 4.42. The number of nitrogens with zero attached hydrogens (tertiary/aromatic N) is 1. The highest BCUT2D eigenvalue weighted by Crippen LogP contribution is 2.14. The highest BCUT2D eigenvalue weighted by atomic mass is 16.3. The summed E-state index contributed by atoms with van der Waals surface area (Å²) in [6, 6.07) is 5.88. The SMILES string of the molecule is CC(C)[C@@](C)(C#N)NC(=O)C[NH+](C)Cc1ccco1. The Morgan fingerprint density at radius 2 is 2.32 bits per heavy atom. The lowest BCUT2D eigenvalue weighted by Gasteiger charge is -2.27. The molecular formula is C14H22N3O2+. The molecule has 0 aliphatic heterocycles. The van der Waals surface area contributed by atoms with E-state index in [1.807, 2.05) is 33.0 Å². The van der Waals surface area contributed by atoms with Crippen LogP contribution >= 0.6 is 0 Å². The summed E-state index contributed by atoms with van der Waals surface area (Å²) in [5.74, 6) is 0.783. The van der Waals surface area contributed by atoms with Crippen molar-refractivity contribution >= 4 is 5.91 Å². The van der Waals surface area contributed by atoms with Gasteiger partial charge in [0.05, 0.1) is 19.4 Å². The van der Waals surface area contributed by atoms with Crippen LogP contribution in [0.25, 0.3) is 0 Å². The molecule has 1 rings (SSSR count). The van der Waals surface area contributed by atoms with E-state index in [0.29, 0.717) is 13.1 Å². The maximum atomic E-state index is 11.9. The zero-order valence-corrected chi connectivity index (χ0v) is 12.0. The molecule has 0 spiro atoms. The van der Waals surface area contributed by atoms with Crippen LogP contribution in [0, 0.1) is 17.2 Å². The van der Waals surface area contributed by atoms with Gasteiger partial charge in [0, 0.05) is 0 Å². The van der Waals surface area contributed by atoms with Gasteiger partial charge in [-0.2, -0.15) is 5.26 Å². The van der Waals surface area contributed by atoms with Crippen molar-refractivity contribution < 1.29 is 14.1 Å². The van der Waals surface area contributed by atoms with Gasteiger partial charge < -0.3 is 14.6 Å². The minimum atomic E-state index is -0.817. The predicted octanol–water partition coefficient (Wildman–Crippen LogP) is 0.349. The van der Waals surface area contributed by atoms with Crippen LogP contribution in [0.15, 0.2) is 22.8 Å². The monoisotopic (exact) mass is 264 g/mol. The van der Waals surface area contributed by atoms with Crippen LogP contribution in [-0.2, 0) is 11.3 Å². The molecule has 2 atom stereocenters. The molecule has 104 valence electrons. The molecular weight excluding hydrogens is 242 g/mol. The Balaban J connectivity index is 2.49. The summed E-state index contributed by atoms with van der Waals surface area (Å²) in [5.41, 5.74) is -0.817. The van der Waals surface area contributed by atoms with E-state index >= 15 is 0 Å². The average Bonchev–Trinajstić information content (AvgIpc) is 2.80. The van der Waals surface area contributed by atoms with Crippen molar-refractivity contribution in [2.75, 3.05) is 13.6 Å². The van der Waals surface area contributed by atoms with Gasteiger partial charge in [-0.25, -0.2) is 0 Å². The summed E-state index contributed by atoms with van der Waals surface area (Å²) in [6.07, 6.45) is 1.62. The van der Waals surface area contributed by atoms with Crippen molar-refractivity contribution in [2.24, 2.45) is 5.92 Å². The first kappa shape index (κ1) is 15.3. The van der Waals surface area contributed by atoms with Crippen LogP contribution in [0.1, 0.15) is 26.5 Å². The largest absolute Gasteiger partial charge is 0.463 e. The first-order valence-electron chi connectivity index (χ1n) is 6.43. The number of amides is 1. The third-order valence-electron chi connectivity index (χ3n) is 3.30. The fraction of sp³-hybridized carbons (Fsp3) is 0.571. The van der Waals surface area contributed by atoms with Crippen LogP contribution in [0.4, 0.5) is 0 Å². The molecule has 2 N–H and O–H groups in total. The number of carbonyl (C=O) groups is 1. The molecule has 1 aromatic heterocycles. The molecule has 0 aromatic carbocycles. The molecule has 1 aromatic rings. The molecule has 1 amide bonds. The lowest BCUT2D eigenvalue weighted by molar-refractivity contribution is -0.886. The van der Waals surface area contributed by atoms with Crippen LogP contribution in [0.2, 0.25) is 0 Å². The van der Waals surface area contributed by atoms with E-state index in [1.165, 1.54) is 0 Å². The second-order valence-electron chi connectivity index (χ2n) is 5.41. The second kappa shape index (κ2) is 6.39. The predicted molar refractivity (Wildman–Crippen MR) is 71.2 cm³/mol. The van der Waals surface area contributed by atoms with Gasteiger partial charge in [0.25, 0.3) is 5.91 Å². The molecule has 0 saturated carbocycles. The quantitative estimate of drug-likeness (QED) is 0.779. The highest BCUT2D eigenvalue weighted by molar-refractivity contribution is 5.78. The fourth-order valence-corrected chi connectivity index (χ4v) is 1.68. The lowest BCUT2D eigenvalue weighted by atomic mass is 9.90. The average molecular weight is 264 g/mol. The number of quaternary nitrogens is 1. The molecule has 1 unspecified atom stereocenters. The summed E-state index contributed by atoms with van der Waals surface area (Å²) < 4.78 is 5.24. The minimum absolute atomic E-state index is 0.0619. The zero-order chi connectivity index (χ0) is 14.5. The molecule has 5 heteroatoms. The van der Waals surface area contributed by atoms with E-state index in [9.17, 15) is 4.79 Å². The number of furan rings is 1. The van der Waals surface area contributed by atoms with Crippen molar-refractivity contribution in [3.63, 3.8) is 0 Å². The van der Waals surface area contributed by atoms with Crippen LogP contribution in [-0.4, -0.2) is 25.0 Å². The number of carbonyl (C=O) groups excluding carboxylic acids is 1. The Morgan fingerprint density at radius 3 is 2.79 bits per heavy atom. The number of rotatable bonds is 6. The number of likely N-dealkylation sites (N-methyl/N-ethyl adjacent to an activating group) is 1. The van der Waals surface area contributed by atoms with Crippen LogP contribution < -0.4 is 10.2 Å². The molecule has 5 nitrogen and oxygen atoms in total. The highest BCUT2D eigenvalue weighted by Gasteiger charge is 2.30. The molecule has 0 aliphatic rings. The smallest absolute Gasteiger partial charge is 0.276 e. The van der Waals surface area contributed by atoms with Crippen molar-refractivity contribution in [3.05, 3.63) is 24.2 Å². The molecule has 19 heavy (non-hydrogen) atoms. The number of hydrogen-bond acceptors (Lipinski definition) is 3. The van der Waals surface area contributed by atoms with Gasteiger partial charge in [-0.1, -0.05) is 13.8 Å². The summed E-state index contributed by atoms with van der Waals surface area (Å²) in [4.78, 5) is 13.0. The topological polar surface area (TPSA) is 70.5 Å². The van der Waals surface area contributed by atoms with Gasteiger partial charge in [0.1, 0.15) is 12.1 Å². The number of nitriles is 1. The molecule has 0 bridgehead atoms. The van der Waals surface area contributed by atoms with Crippen molar-refractivity contribution in [1.82, 2.24) is 5.32 Å². The maximum absolute atomic E-state index is 11.9. The molecule has 0 fully saturated rings. The maximum Gasteiger partial charge on any atom is 0.276 e. The van der Waals surface area contributed by atoms with Gasteiger partial charge in [-0.15, -0.1) is 0 Å². The summed E-state index contributed by atoms with van der Waals surface area (Å²) in [5, 5.41) is 12.0. The third-order valence-corrected chi connectivity index (χ3v) is 3.30. The van der Waals surface area contributed by atoms with Gasteiger partial charge in [-0.3, -0.25) is 4.79 Å². The fourth-order valence-electron chi connectivity index (χ4n) is 1.68. The number of nitrogens with one attached hydrogen (secondary N) is 2. The summed E-state index contributed by atoms with van der Waals surface area (Å²) in [6.45, 7) is 6.54.